The molecule has 2 N–H and O–H groups in total. The average molecular weight is 355 g/mol. The van der Waals surface area contributed by atoms with Gasteiger partial charge in [-0.05, 0) is 43.3 Å². The third-order valence-corrected chi connectivity index (χ3v) is 4.54. The number of benzene rings is 1. The zero-order valence-electron chi connectivity index (χ0n) is 12.8. The molecule has 3 rings (SSSR count). The molecule has 0 aliphatic carbocycles. The summed E-state index contributed by atoms with van der Waals surface area (Å²) < 4.78 is 7.67. The highest BCUT2D eigenvalue weighted by molar-refractivity contribution is 7.71. The molecule has 1 aliphatic rings. The molecule has 0 bridgehead atoms. The summed E-state index contributed by atoms with van der Waals surface area (Å²) in [6, 6.07) is 5.38. The number of likely N-dealkylation sites (tertiary alicyclic amines) is 1. The second-order valence-electron chi connectivity index (χ2n) is 5.62. The van der Waals surface area contributed by atoms with E-state index in [9.17, 15) is 5.11 Å². The summed E-state index contributed by atoms with van der Waals surface area (Å²) in [6.07, 6.45) is 1.39. The molecule has 2 heterocycles. The number of ether oxygens (including phenoxy) is 1. The molecule has 0 saturated carbocycles. The number of nitrogens with zero attached hydrogens (tertiary/aromatic N) is 3. The smallest absolute Gasteiger partial charge is 0.217 e. The highest BCUT2D eigenvalue weighted by Crippen LogP contribution is 2.30. The van der Waals surface area contributed by atoms with E-state index in [2.05, 4.69) is 15.0 Å². The van der Waals surface area contributed by atoms with Crippen molar-refractivity contribution in [3.8, 4) is 17.1 Å². The average Bonchev–Trinajstić information content (AvgIpc) is 2.90. The van der Waals surface area contributed by atoms with Crippen molar-refractivity contribution in [1.82, 2.24) is 19.7 Å². The number of methoxy groups -OCH3 is 1. The lowest BCUT2D eigenvalue weighted by atomic mass is 10.1. The molecule has 0 atom stereocenters. The highest BCUT2D eigenvalue weighted by Gasteiger charge is 2.18. The fourth-order valence-corrected chi connectivity index (χ4v) is 3.07. The highest BCUT2D eigenvalue weighted by atomic mass is 35.5. The van der Waals surface area contributed by atoms with Gasteiger partial charge >= 0.3 is 0 Å². The number of H-pyrrole nitrogens is 1. The Morgan fingerprint density at radius 3 is 2.87 bits per heavy atom. The van der Waals surface area contributed by atoms with Crippen LogP contribution in [0.2, 0.25) is 5.02 Å². The Balaban J connectivity index is 1.84. The fourth-order valence-electron chi connectivity index (χ4n) is 2.70. The van der Waals surface area contributed by atoms with Crippen LogP contribution in [-0.2, 0) is 6.67 Å². The minimum absolute atomic E-state index is 0.188. The Kier molecular flexibility index (Phi) is 5.01. The predicted octanol–water partition coefficient (Wildman–Crippen LogP) is 2.68. The van der Waals surface area contributed by atoms with Crippen LogP contribution in [0.3, 0.4) is 0 Å². The first-order valence-corrected chi connectivity index (χ1v) is 8.26. The van der Waals surface area contributed by atoms with Gasteiger partial charge in [-0.2, -0.15) is 4.98 Å². The first-order valence-electron chi connectivity index (χ1n) is 7.48. The van der Waals surface area contributed by atoms with E-state index < -0.39 is 0 Å². The van der Waals surface area contributed by atoms with Crippen LogP contribution in [0, 0.1) is 4.77 Å². The van der Waals surface area contributed by atoms with Gasteiger partial charge < -0.3 is 9.84 Å². The van der Waals surface area contributed by atoms with E-state index in [1.807, 2.05) is 4.68 Å². The Labute approximate surface area is 144 Å². The van der Waals surface area contributed by atoms with Gasteiger partial charge in [0.1, 0.15) is 5.75 Å². The van der Waals surface area contributed by atoms with Gasteiger partial charge in [-0.15, -0.1) is 0 Å². The molecule has 0 spiro atoms. The van der Waals surface area contributed by atoms with Crippen LogP contribution >= 0.6 is 23.8 Å². The summed E-state index contributed by atoms with van der Waals surface area (Å²) >= 11 is 11.4. The van der Waals surface area contributed by atoms with Crippen LogP contribution in [0.15, 0.2) is 18.2 Å². The lowest BCUT2D eigenvalue weighted by Crippen LogP contribution is -2.37. The van der Waals surface area contributed by atoms with Crippen molar-refractivity contribution in [2.24, 2.45) is 0 Å². The second-order valence-corrected chi connectivity index (χ2v) is 6.42. The van der Waals surface area contributed by atoms with Crippen LogP contribution < -0.4 is 4.74 Å². The molecule has 1 fully saturated rings. The number of rotatable bonds is 4. The molecule has 23 heavy (non-hydrogen) atoms. The van der Waals surface area contributed by atoms with Crippen LogP contribution in [-0.4, -0.2) is 51.1 Å². The topological polar surface area (TPSA) is 66.3 Å². The van der Waals surface area contributed by atoms with Gasteiger partial charge in [-0.25, -0.2) is 4.68 Å². The Bertz CT molecular complexity index is 737. The van der Waals surface area contributed by atoms with E-state index in [1.165, 1.54) is 0 Å². The number of aromatic amines is 1. The molecule has 1 aliphatic heterocycles. The van der Waals surface area contributed by atoms with E-state index >= 15 is 0 Å². The molecular weight excluding hydrogens is 336 g/mol. The van der Waals surface area contributed by atoms with Crippen LogP contribution in [0.4, 0.5) is 0 Å². The van der Waals surface area contributed by atoms with Gasteiger partial charge in [0.2, 0.25) is 4.77 Å². The Morgan fingerprint density at radius 2 is 2.17 bits per heavy atom. The maximum absolute atomic E-state index is 9.58. The third-order valence-electron chi connectivity index (χ3n) is 3.99. The number of aliphatic hydroxyl groups excluding tert-OH is 1. The van der Waals surface area contributed by atoms with Crippen molar-refractivity contribution in [3.05, 3.63) is 28.0 Å². The normalized spacial score (nSPS) is 16.7. The number of halogens is 1. The molecule has 124 valence electrons. The lowest BCUT2D eigenvalue weighted by Gasteiger charge is -2.29. The molecule has 0 unspecified atom stereocenters. The van der Waals surface area contributed by atoms with Gasteiger partial charge in [0.25, 0.3) is 0 Å². The fraction of sp³-hybridized carbons (Fsp3) is 0.467. The summed E-state index contributed by atoms with van der Waals surface area (Å²) in [5.74, 6) is 1.32. The van der Waals surface area contributed by atoms with Gasteiger partial charge in [0, 0.05) is 18.1 Å². The molecule has 1 aromatic carbocycles. The third kappa shape index (κ3) is 3.74. The van der Waals surface area contributed by atoms with E-state index in [0.29, 0.717) is 28.0 Å². The maximum Gasteiger partial charge on any atom is 0.217 e. The van der Waals surface area contributed by atoms with Crippen LogP contribution in [0.5, 0.6) is 5.75 Å². The SMILES string of the molecule is COc1ccc(Cl)cc1-c1nc(=S)n(CN2CCC(O)CC2)[nH]1. The predicted molar refractivity (Wildman–Crippen MR) is 91.2 cm³/mol. The molecular formula is C15H19ClN4O2S. The molecule has 0 amide bonds. The van der Waals surface area contributed by atoms with E-state index in [0.717, 1.165) is 31.5 Å². The Hall–Kier alpha value is -1.41. The molecule has 8 heteroatoms. The first kappa shape index (κ1) is 16.4. The largest absolute Gasteiger partial charge is 0.496 e. The summed E-state index contributed by atoms with van der Waals surface area (Å²) in [5, 5.41) is 13.4. The number of aliphatic hydroxyl groups is 1. The maximum atomic E-state index is 9.58. The van der Waals surface area contributed by atoms with Gasteiger partial charge in [-0.1, -0.05) is 11.6 Å². The molecule has 0 radical (unpaired) electrons. The van der Waals surface area contributed by atoms with Crippen LogP contribution in [0.1, 0.15) is 12.8 Å². The summed E-state index contributed by atoms with van der Waals surface area (Å²) in [5.41, 5.74) is 0.777. The van der Waals surface area contributed by atoms with Gasteiger partial charge in [-0.3, -0.25) is 10.00 Å². The summed E-state index contributed by atoms with van der Waals surface area (Å²) in [7, 11) is 1.61. The standard InChI is InChI=1S/C15H19ClN4O2S/c1-22-13-3-2-10(16)8-12(13)14-17-15(23)20(18-14)9-19-6-4-11(21)5-7-19/h2-3,8,11,21H,4-7,9H2,1H3,(H,17,18,23). The van der Waals surface area contributed by atoms with Crippen LogP contribution in [0.25, 0.3) is 11.4 Å². The van der Waals surface area contributed by atoms with Crippen molar-refractivity contribution in [2.45, 2.75) is 25.6 Å². The quantitative estimate of drug-likeness (QED) is 0.826. The number of aromatic nitrogens is 3. The summed E-state index contributed by atoms with van der Waals surface area (Å²) in [6.45, 7) is 2.32. The van der Waals surface area contributed by atoms with E-state index in [1.54, 1.807) is 25.3 Å². The Morgan fingerprint density at radius 1 is 1.43 bits per heavy atom. The zero-order valence-corrected chi connectivity index (χ0v) is 14.4. The van der Waals surface area contributed by atoms with E-state index in [-0.39, 0.29) is 6.10 Å². The minimum atomic E-state index is -0.188. The first-order chi connectivity index (χ1) is 11.1. The van der Waals surface area contributed by atoms with E-state index in [4.69, 9.17) is 28.6 Å². The van der Waals surface area contributed by atoms with Crippen molar-refractivity contribution < 1.29 is 9.84 Å². The minimum Gasteiger partial charge on any atom is -0.496 e. The summed E-state index contributed by atoms with van der Waals surface area (Å²) in [4.78, 5) is 6.65. The number of hydrogen-bond donors (Lipinski definition) is 2. The number of hydrogen-bond acceptors (Lipinski definition) is 5. The van der Waals surface area contributed by atoms with Gasteiger partial charge in [0.15, 0.2) is 5.82 Å². The van der Waals surface area contributed by atoms with Crippen molar-refractivity contribution >= 4 is 23.8 Å². The molecule has 6 nitrogen and oxygen atoms in total. The molecule has 1 saturated heterocycles. The monoisotopic (exact) mass is 354 g/mol. The van der Waals surface area contributed by atoms with Crippen molar-refractivity contribution in [3.63, 3.8) is 0 Å². The van der Waals surface area contributed by atoms with Crippen molar-refractivity contribution in [2.75, 3.05) is 20.2 Å². The number of nitrogens with one attached hydrogen (secondary N) is 1. The van der Waals surface area contributed by atoms with Crippen molar-refractivity contribution in [1.29, 1.82) is 0 Å². The lowest BCUT2D eigenvalue weighted by molar-refractivity contribution is 0.0651. The van der Waals surface area contributed by atoms with Gasteiger partial charge in [0.05, 0.1) is 25.4 Å². The number of piperidine rings is 1. The molecule has 1 aromatic heterocycles. The zero-order chi connectivity index (χ0) is 16.4. The second kappa shape index (κ2) is 7.00. The molecule has 2 aromatic rings.